The standard InChI is InChI=1S/C25H48N6O10/c1-25(37)11-38-24(18(35)21(25)29-2)41-20-15(31-22(36)16(33)9-26)8-14(28)19(17(20)34)40-23-13(27)5-4-12(39-23)10-30-6-3-7-32/h4,13-21,23-24,29-30,32-35,37H,3,5-11,26-28H2,1-2H3,(H,31,36)/t13-,14+,15-,16+,17+,18-,19-,20+,21-,23-,24-,25+/m1/s1. The summed E-state index contributed by atoms with van der Waals surface area (Å²) in [7, 11) is 1.57. The SMILES string of the molecule is CN[C@@H]1[C@@H](O)[C@@H](O[C@@H]2[C@@H](O)[C@H](O[C@H]3OC(CNCCCO)=CC[C@H]3N)[C@@H](N)C[C@H]2NC(=O)[C@@H](O)CN)OC[C@]1(C)O. The number of aliphatic hydroxyl groups excluding tert-OH is 4. The zero-order valence-electron chi connectivity index (χ0n) is 23.6. The number of hydrogen-bond donors (Lipinski definition) is 11. The largest absolute Gasteiger partial charge is 0.467 e. The Bertz CT molecular complexity index is 869. The van der Waals surface area contributed by atoms with Crippen molar-refractivity contribution < 1.29 is 49.3 Å². The quantitative estimate of drug-likeness (QED) is 0.0891. The van der Waals surface area contributed by atoms with Crippen LogP contribution in [0.5, 0.6) is 0 Å². The molecule has 12 atom stereocenters. The third-order valence-electron chi connectivity index (χ3n) is 7.64. The molecule has 3 aliphatic rings. The summed E-state index contributed by atoms with van der Waals surface area (Å²) in [5.74, 6) is -0.196. The van der Waals surface area contributed by atoms with Crippen LogP contribution in [0.4, 0.5) is 0 Å². The van der Waals surface area contributed by atoms with Crippen LogP contribution >= 0.6 is 0 Å². The second-order valence-electron chi connectivity index (χ2n) is 11.1. The first-order chi connectivity index (χ1) is 19.4. The fourth-order valence-corrected chi connectivity index (χ4v) is 5.32. The van der Waals surface area contributed by atoms with Gasteiger partial charge in [0, 0.05) is 19.2 Å². The summed E-state index contributed by atoms with van der Waals surface area (Å²) >= 11 is 0. The van der Waals surface area contributed by atoms with Crippen LogP contribution in [0.3, 0.4) is 0 Å². The van der Waals surface area contributed by atoms with Gasteiger partial charge in [-0.05, 0) is 45.9 Å². The number of nitrogens with two attached hydrogens (primary N) is 3. The number of carbonyl (C=O) groups excluding carboxylic acids is 1. The van der Waals surface area contributed by atoms with Gasteiger partial charge in [0.25, 0.3) is 0 Å². The highest BCUT2D eigenvalue weighted by atomic mass is 16.7. The molecule has 16 heteroatoms. The molecule has 0 bridgehead atoms. The van der Waals surface area contributed by atoms with E-state index in [0.29, 0.717) is 31.7 Å². The van der Waals surface area contributed by atoms with Crippen molar-refractivity contribution >= 4 is 5.91 Å². The van der Waals surface area contributed by atoms with E-state index in [-0.39, 0.29) is 26.2 Å². The maximum atomic E-state index is 12.5. The molecule has 1 amide bonds. The van der Waals surface area contributed by atoms with Gasteiger partial charge in [0.2, 0.25) is 12.2 Å². The molecule has 0 aromatic heterocycles. The molecular formula is C25H48N6O10. The van der Waals surface area contributed by atoms with Gasteiger partial charge < -0.3 is 77.6 Å². The van der Waals surface area contributed by atoms with Crippen LogP contribution in [0.15, 0.2) is 11.8 Å². The van der Waals surface area contributed by atoms with E-state index in [1.807, 2.05) is 6.08 Å². The van der Waals surface area contributed by atoms with Gasteiger partial charge >= 0.3 is 0 Å². The minimum Gasteiger partial charge on any atom is -0.467 e. The minimum absolute atomic E-state index is 0.0543. The van der Waals surface area contributed by atoms with Crippen LogP contribution < -0.4 is 33.2 Å². The number of amides is 1. The van der Waals surface area contributed by atoms with Gasteiger partial charge in [-0.1, -0.05) is 0 Å². The van der Waals surface area contributed by atoms with Crippen LogP contribution in [0.2, 0.25) is 0 Å². The van der Waals surface area contributed by atoms with Crippen LogP contribution in [0.25, 0.3) is 0 Å². The lowest BCUT2D eigenvalue weighted by atomic mass is 9.83. The summed E-state index contributed by atoms with van der Waals surface area (Å²) in [5, 5.41) is 60.5. The van der Waals surface area contributed by atoms with Crippen molar-refractivity contribution in [1.82, 2.24) is 16.0 Å². The third-order valence-corrected chi connectivity index (χ3v) is 7.64. The molecule has 2 heterocycles. The Hall–Kier alpha value is -1.51. The minimum atomic E-state index is -1.50. The summed E-state index contributed by atoms with van der Waals surface area (Å²) in [6.07, 6.45) is -5.91. The van der Waals surface area contributed by atoms with Gasteiger partial charge in [-0.2, -0.15) is 0 Å². The Morgan fingerprint density at radius 1 is 1.20 bits per heavy atom. The van der Waals surface area contributed by atoms with Crippen LogP contribution in [0.1, 0.15) is 26.2 Å². The van der Waals surface area contributed by atoms with Crippen molar-refractivity contribution in [3.05, 3.63) is 11.8 Å². The molecule has 1 saturated carbocycles. The normalized spacial score (nSPS) is 40.4. The Morgan fingerprint density at radius 2 is 1.90 bits per heavy atom. The molecule has 1 aliphatic carbocycles. The second-order valence-corrected chi connectivity index (χ2v) is 11.1. The van der Waals surface area contributed by atoms with Gasteiger partial charge in [-0.15, -0.1) is 0 Å². The van der Waals surface area contributed by atoms with E-state index in [0.717, 1.165) is 0 Å². The molecule has 2 fully saturated rings. The van der Waals surface area contributed by atoms with Crippen molar-refractivity contribution in [2.24, 2.45) is 17.2 Å². The molecule has 3 rings (SSSR count). The number of ether oxygens (including phenoxy) is 4. The Kier molecular flexibility index (Phi) is 12.7. The molecule has 41 heavy (non-hydrogen) atoms. The highest BCUT2D eigenvalue weighted by Gasteiger charge is 2.51. The molecule has 0 aromatic rings. The Balaban J connectivity index is 1.77. The monoisotopic (exact) mass is 592 g/mol. The molecule has 1 saturated heterocycles. The lowest BCUT2D eigenvalue weighted by Gasteiger charge is -2.48. The van der Waals surface area contributed by atoms with Crippen LogP contribution in [-0.4, -0.2) is 144 Å². The molecule has 2 aliphatic heterocycles. The van der Waals surface area contributed by atoms with Crippen molar-refractivity contribution in [2.75, 3.05) is 39.9 Å². The van der Waals surface area contributed by atoms with E-state index in [2.05, 4.69) is 16.0 Å². The lowest BCUT2D eigenvalue weighted by molar-refractivity contribution is -0.304. The number of hydrogen-bond acceptors (Lipinski definition) is 15. The summed E-state index contributed by atoms with van der Waals surface area (Å²) in [5.41, 5.74) is 16.7. The van der Waals surface area contributed by atoms with Crippen molar-refractivity contribution in [3.63, 3.8) is 0 Å². The zero-order chi connectivity index (χ0) is 30.3. The van der Waals surface area contributed by atoms with Gasteiger partial charge in [-0.3, -0.25) is 4.79 Å². The van der Waals surface area contributed by atoms with Gasteiger partial charge in [0.05, 0.1) is 31.3 Å². The molecular weight excluding hydrogens is 544 g/mol. The predicted octanol–water partition coefficient (Wildman–Crippen LogP) is -5.36. The average molecular weight is 593 g/mol. The first-order valence-electron chi connectivity index (χ1n) is 14.0. The number of likely N-dealkylation sites (N-methyl/N-ethyl adjacent to an activating group) is 1. The lowest BCUT2D eigenvalue weighted by Crippen LogP contribution is -2.69. The molecule has 16 nitrogen and oxygen atoms in total. The number of aliphatic hydroxyl groups is 5. The predicted molar refractivity (Wildman–Crippen MR) is 145 cm³/mol. The number of rotatable bonds is 13. The topological polar surface area (TPSA) is 269 Å². The van der Waals surface area contributed by atoms with E-state index < -0.39 is 78.8 Å². The third kappa shape index (κ3) is 8.54. The first-order valence-corrected chi connectivity index (χ1v) is 14.0. The molecule has 0 aromatic carbocycles. The van der Waals surface area contributed by atoms with E-state index >= 15 is 0 Å². The Labute approximate surface area is 239 Å². The molecule has 0 unspecified atom stereocenters. The first kappa shape index (κ1) is 34.0. The van der Waals surface area contributed by atoms with Gasteiger partial charge in [0.1, 0.15) is 41.9 Å². The van der Waals surface area contributed by atoms with Crippen LogP contribution in [0, 0.1) is 0 Å². The number of carbonyl (C=O) groups is 1. The summed E-state index contributed by atoms with van der Waals surface area (Å²) < 4.78 is 23.7. The molecule has 14 N–H and O–H groups in total. The smallest absolute Gasteiger partial charge is 0.250 e. The fourth-order valence-electron chi connectivity index (χ4n) is 5.32. The molecule has 0 spiro atoms. The van der Waals surface area contributed by atoms with E-state index in [4.69, 9.17) is 41.3 Å². The van der Waals surface area contributed by atoms with Crippen molar-refractivity contribution in [2.45, 2.75) is 99.1 Å². The average Bonchev–Trinajstić information content (AvgIpc) is 2.93. The van der Waals surface area contributed by atoms with Gasteiger partial charge in [0.15, 0.2) is 6.29 Å². The number of nitrogens with one attached hydrogen (secondary N) is 3. The highest BCUT2D eigenvalue weighted by molar-refractivity contribution is 5.81. The Morgan fingerprint density at radius 3 is 2.56 bits per heavy atom. The zero-order valence-corrected chi connectivity index (χ0v) is 23.6. The maximum Gasteiger partial charge on any atom is 0.250 e. The maximum absolute atomic E-state index is 12.5. The molecule has 238 valence electrons. The second kappa shape index (κ2) is 15.3. The van der Waals surface area contributed by atoms with Gasteiger partial charge in [-0.25, -0.2) is 0 Å². The van der Waals surface area contributed by atoms with Crippen LogP contribution in [-0.2, 0) is 23.7 Å². The summed E-state index contributed by atoms with van der Waals surface area (Å²) in [6.45, 7) is 2.04. The summed E-state index contributed by atoms with van der Waals surface area (Å²) in [4.78, 5) is 12.5. The van der Waals surface area contributed by atoms with E-state index in [9.17, 15) is 25.2 Å². The van der Waals surface area contributed by atoms with Crippen molar-refractivity contribution in [3.8, 4) is 0 Å². The fraction of sp³-hybridized carbons (Fsp3) is 0.880. The van der Waals surface area contributed by atoms with E-state index in [1.165, 1.54) is 6.92 Å². The highest BCUT2D eigenvalue weighted by Crippen LogP contribution is 2.32. The van der Waals surface area contributed by atoms with E-state index in [1.54, 1.807) is 7.05 Å². The summed E-state index contributed by atoms with van der Waals surface area (Å²) in [6, 6.07) is -3.13. The molecule has 0 radical (unpaired) electrons. The van der Waals surface area contributed by atoms with Crippen molar-refractivity contribution in [1.29, 1.82) is 0 Å².